The van der Waals surface area contributed by atoms with Gasteiger partial charge in [-0.2, -0.15) is 0 Å². The Kier molecular flexibility index (Phi) is 5.69. The first-order valence-electron chi connectivity index (χ1n) is 8.86. The van der Waals surface area contributed by atoms with Crippen molar-refractivity contribution in [1.29, 1.82) is 0 Å². The van der Waals surface area contributed by atoms with Gasteiger partial charge >= 0.3 is 0 Å². The number of rotatable bonds is 6. The van der Waals surface area contributed by atoms with Crippen LogP contribution in [0.1, 0.15) is 29.3 Å². The number of benzene rings is 2. The van der Waals surface area contributed by atoms with E-state index < -0.39 is 15.7 Å². The molecule has 0 fully saturated rings. The highest BCUT2D eigenvalue weighted by atomic mass is 32.2. The molecule has 2 amide bonds. The van der Waals surface area contributed by atoms with Crippen LogP contribution < -0.4 is 15.4 Å². The van der Waals surface area contributed by atoms with Gasteiger partial charge in [0.15, 0.2) is 22.2 Å². The summed E-state index contributed by atoms with van der Waals surface area (Å²) in [5.74, 6) is -0.943. The summed E-state index contributed by atoms with van der Waals surface area (Å²) in [7, 11) is -3.74. The van der Waals surface area contributed by atoms with Crippen molar-refractivity contribution in [3.63, 3.8) is 0 Å². The van der Waals surface area contributed by atoms with Gasteiger partial charge in [0, 0.05) is 23.7 Å². The Morgan fingerprint density at radius 2 is 1.86 bits per heavy atom. The number of anilines is 2. The molecule has 8 nitrogen and oxygen atoms in total. The lowest BCUT2D eigenvalue weighted by molar-refractivity contribution is -0.118. The smallest absolute Gasteiger partial charge is 0.262 e. The van der Waals surface area contributed by atoms with Crippen LogP contribution >= 0.6 is 0 Å². The van der Waals surface area contributed by atoms with E-state index in [0.717, 1.165) is 0 Å². The highest BCUT2D eigenvalue weighted by molar-refractivity contribution is 7.91. The van der Waals surface area contributed by atoms with Gasteiger partial charge in [0.05, 0.1) is 16.3 Å². The second-order valence-electron chi connectivity index (χ2n) is 6.70. The fraction of sp³-hybridized carbons (Fsp3) is 0.250. The third-order valence-electron chi connectivity index (χ3n) is 4.42. The maximum atomic E-state index is 12.7. The zero-order valence-electron chi connectivity index (χ0n) is 15.9. The van der Waals surface area contributed by atoms with Gasteiger partial charge in [-0.05, 0) is 49.7 Å². The normalized spacial score (nSPS) is 13.1. The van der Waals surface area contributed by atoms with Crippen molar-refractivity contribution in [1.82, 2.24) is 0 Å². The lowest BCUT2D eigenvalue weighted by Gasteiger charge is -2.20. The molecule has 0 radical (unpaired) electrons. The van der Waals surface area contributed by atoms with E-state index in [9.17, 15) is 22.8 Å². The first kappa shape index (κ1) is 20.5. The van der Waals surface area contributed by atoms with Crippen molar-refractivity contribution in [3.05, 3.63) is 47.5 Å². The second kappa shape index (κ2) is 8.04. The molecule has 0 unspecified atom stereocenters. The Labute approximate surface area is 168 Å². The van der Waals surface area contributed by atoms with Gasteiger partial charge in [-0.25, -0.2) is 8.42 Å². The zero-order valence-corrected chi connectivity index (χ0v) is 16.8. The summed E-state index contributed by atoms with van der Waals surface area (Å²) >= 11 is 0. The van der Waals surface area contributed by atoms with Crippen molar-refractivity contribution >= 4 is 38.8 Å². The Bertz CT molecular complexity index is 1090. The number of hydrogen-bond donors (Lipinski definition) is 2. The van der Waals surface area contributed by atoms with Crippen LogP contribution in [-0.2, 0) is 19.4 Å². The van der Waals surface area contributed by atoms with Crippen molar-refractivity contribution in [2.24, 2.45) is 0 Å². The summed E-state index contributed by atoms with van der Waals surface area (Å²) in [6, 6.07) is 9.26. The van der Waals surface area contributed by atoms with Crippen LogP contribution in [0.4, 0.5) is 11.4 Å². The molecule has 29 heavy (non-hydrogen) atoms. The highest BCUT2D eigenvalue weighted by Gasteiger charge is 2.24. The Morgan fingerprint density at radius 1 is 1.17 bits per heavy atom. The van der Waals surface area contributed by atoms with Gasteiger partial charge < -0.3 is 15.4 Å². The van der Waals surface area contributed by atoms with Crippen LogP contribution in [0.3, 0.4) is 0 Å². The first-order chi connectivity index (χ1) is 13.7. The SMILES string of the molecule is CC(=O)c1ccc(NC(=O)CCS(=O)(=O)c2cc3c(cc2C)NC(=O)CO3)cc1. The van der Waals surface area contributed by atoms with Gasteiger partial charge in [-0.1, -0.05) is 0 Å². The van der Waals surface area contributed by atoms with Crippen LogP contribution in [0.15, 0.2) is 41.3 Å². The number of carbonyl (C=O) groups is 3. The summed E-state index contributed by atoms with van der Waals surface area (Å²) in [6.45, 7) is 2.88. The molecule has 9 heteroatoms. The van der Waals surface area contributed by atoms with Gasteiger partial charge in [-0.15, -0.1) is 0 Å². The topological polar surface area (TPSA) is 119 Å². The summed E-state index contributed by atoms with van der Waals surface area (Å²) in [5.41, 5.74) is 1.87. The van der Waals surface area contributed by atoms with Crippen LogP contribution in [-0.4, -0.2) is 38.4 Å². The molecule has 0 aliphatic carbocycles. The number of aryl methyl sites for hydroxylation is 1. The maximum absolute atomic E-state index is 12.7. The van der Waals surface area contributed by atoms with E-state index in [0.29, 0.717) is 22.5 Å². The number of ether oxygens (including phenoxy) is 1. The molecule has 0 spiro atoms. The van der Waals surface area contributed by atoms with E-state index in [-0.39, 0.29) is 41.1 Å². The molecular weight excluding hydrogens is 396 g/mol. The van der Waals surface area contributed by atoms with Gasteiger partial charge in [0.1, 0.15) is 5.75 Å². The molecule has 2 aromatic rings. The molecule has 1 heterocycles. The molecule has 2 aromatic carbocycles. The van der Waals surface area contributed by atoms with E-state index >= 15 is 0 Å². The minimum Gasteiger partial charge on any atom is -0.482 e. The van der Waals surface area contributed by atoms with Gasteiger partial charge in [-0.3, -0.25) is 14.4 Å². The van der Waals surface area contributed by atoms with Crippen LogP contribution in [0.2, 0.25) is 0 Å². The molecular formula is C20H20N2O6S. The van der Waals surface area contributed by atoms with E-state index in [1.54, 1.807) is 31.2 Å². The lowest BCUT2D eigenvalue weighted by atomic mass is 10.1. The van der Waals surface area contributed by atoms with E-state index in [1.165, 1.54) is 19.1 Å². The number of hydrogen-bond acceptors (Lipinski definition) is 6. The predicted octanol–water partition coefficient (Wildman–Crippen LogP) is 2.33. The predicted molar refractivity (Wildman–Crippen MR) is 107 cm³/mol. The van der Waals surface area contributed by atoms with Crippen molar-refractivity contribution < 1.29 is 27.5 Å². The van der Waals surface area contributed by atoms with E-state index in [4.69, 9.17) is 4.74 Å². The minimum atomic E-state index is -3.74. The van der Waals surface area contributed by atoms with Crippen molar-refractivity contribution in [2.75, 3.05) is 23.0 Å². The second-order valence-corrected chi connectivity index (χ2v) is 8.78. The monoisotopic (exact) mass is 416 g/mol. The third kappa shape index (κ3) is 4.80. The van der Waals surface area contributed by atoms with Crippen LogP contribution in [0.25, 0.3) is 0 Å². The summed E-state index contributed by atoms with van der Waals surface area (Å²) < 4.78 is 30.7. The zero-order chi connectivity index (χ0) is 21.2. The Balaban J connectivity index is 1.67. The minimum absolute atomic E-state index is 0.0611. The third-order valence-corrected chi connectivity index (χ3v) is 6.27. The molecule has 3 rings (SSSR count). The largest absolute Gasteiger partial charge is 0.482 e. The molecule has 0 bridgehead atoms. The fourth-order valence-electron chi connectivity index (χ4n) is 2.90. The first-order valence-corrected chi connectivity index (χ1v) is 10.5. The highest BCUT2D eigenvalue weighted by Crippen LogP contribution is 2.33. The molecule has 0 saturated heterocycles. The average Bonchev–Trinajstić information content (AvgIpc) is 2.66. The van der Waals surface area contributed by atoms with Crippen molar-refractivity contribution in [2.45, 2.75) is 25.2 Å². The molecule has 0 aromatic heterocycles. The van der Waals surface area contributed by atoms with E-state index in [1.807, 2.05) is 0 Å². The number of carbonyl (C=O) groups excluding carboxylic acids is 3. The Morgan fingerprint density at radius 3 is 2.52 bits per heavy atom. The number of fused-ring (bicyclic) bond motifs is 1. The number of nitrogens with one attached hydrogen (secondary N) is 2. The van der Waals surface area contributed by atoms with Crippen LogP contribution in [0.5, 0.6) is 5.75 Å². The summed E-state index contributed by atoms with van der Waals surface area (Å²) in [6.07, 6.45) is -0.231. The average molecular weight is 416 g/mol. The molecule has 0 saturated carbocycles. The lowest BCUT2D eigenvalue weighted by Crippen LogP contribution is -2.26. The van der Waals surface area contributed by atoms with Gasteiger partial charge in [0.2, 0.25) is 5.91 Å². The quantitative estimate of drug-likeness (QED) is 0.698. The summed E-state index contributed by atoms with van der Waals surface area (Å²) in [5, 5.41) is 5.24. The molecule has 1 aliphatic heterocycles. The summed E-state index contributed by atoms with van der Waals surface area (Å²) in [4.78, 5) is 34.9. The molecule has 0 atom stereocenters. The molecule has 152 valence electrons. The van der Waals surface area contributed by atoms with Crippen molar-refractivity contribution in [3.8, 4) is 5.75 Å². The fourth-order valence-corrected chi connectivity index (χ4v) is 4.41. The number of amides is 2. The number of Topliss-reactive ketones (excluding diaryl/α,β-unsaturated/α-hetero) is 1. The maximum Gasteiger partial charge on any atom is 0.262 e. The molecule has 1 aliphatic rings. The van der Waals surface area contributed by atoms with Crippen LogP contribution in [0, 0.1) is 6.92 Å². The van der Waals surface area contributed by atoms with Gasteiger partial charge in [0.25, 0.3) is 5.91 Å². The Hall–Kier alpha value is -3.20. The van der Waals surface area contributed by atoms with E-state index in [2.05, 4.69) is 10.6 Å². The molecule has 2 N–H and O–H groups in total. The number of sulfone groups is 1. The number of ketones is 1. The standard InChI is InChI=1S/C20H20N2O6S/c1-12-9-16-17(28-11-20(25)22-16)10-18(12)29(26,27)8-7-19(24)21-15-5-3-14(4-6-15)13(2)23/h3-6,9-10H,7-8,11H2,1-2H3,(H,21,24)(H,22,25).